The largest absolute Gasteiger partial charge is 0.493 e. The molecular weight excluding hydrogens is 444 g/mol. The van der Waals surface area contributed by atoms with Crippen LogP contribution in [0.25, 0.3) is 22.5 Å². The minimum absolute atomic E-state index is 0.308. The molecule has 0 radical (unpaired) electrons. The van der Waals surface area contributed by atoms with E-state index in [4.69, 9.17) is 14.5 Å². The summed E-state index contributed by atoms with van der Waals surface area (Å²) in [6.07, 6.45) is 0. The Hall–Kier alpha value is -3.51. The fourth-order valence-corrected chi connectivity index (χ4v) is 4.04. The minimum atomic E-state index is -0.308. The summed E-state index contributed by atoms with van der Waals surface area (Å²) < 4.78 is 11.1. The second kappa shape index (κ2) is 11.6. The molecule has 34 heavy (non-hydrogen) atoms. The molecule has 0 aliphatic rings. The standard InChI is InChI=1S/C28H28N2O3S/c1-20(2)19-33-27(31)23-13-15-24(16-14-23)32-17-18-34-28-29-25(21-9-5-3-6-10-21)26(30-28)22-11-7-4-8-12-22/h3-16,20H,17-19H2,1-2H3,(H,29,30). The Kier molecular flexibility index (Phi) is 8.04. The van der Waals surface area contributed by atoms with Gasteiger partial charge in [0, 0.05) is 16.9 Å². The molecular formula is C28H28N2O3S. The van der Waals surface area contributed by atoms with Crippen molar-refractivity contribution in [2.45, 2.75) is 19.0 Å². The second-order valence-corrected chi connectivity index (χ2v) is 9.29. The predicted molar refractivity (Wildman–Crippen MR) is 137 cm³/mol. The maximum absolute atomic E-state index is 12.0. The number of H-pyrrole nitrogens is 1. The number of imidazole rings is 1. The van der Waals surface area contributed by atoms with E-state index in [9.17, 15) is 4.79 Å². The van der Waals surface area contributed by atoms with Gasteiger partial charge in [-0.2, -0.15) is 0 Å². The fourth-order valence-electron chi connectivity index (χ4n) is 3.35. The van der Waals surface area contributed by atoms with Crippen molar-refractivity contribution < 1.29 is 14.3 Å². The molecule has 0 aliphatic heterocycles. The Balaban J connectivity index is 1.35. The molecule has 4 aromatic rings. The number of hydrogen-bond donors (Lipinski definition) is 1. The number of aromatic amines is 1. The smallest absolute Gasteiger partial charge is 0.338 e. The topological polar surface area (TPSA) is 64.2 Å². The first-order valence-electron chi connectivity index (χ1n) is 11.3. The summed E-state index contributed by atoms with van der Waals surface area (Å²) in [5.74, 6) is 1.45. The molecule has 0 unspecified atom stereocenters. The Bertz CT molecular complexity index is 1130. The number of rotatable bonds is 10. The molecule has 0 saturated heterocycles. The predicted octanol–water partition coefficient (Wildman–Crippen LogP) is 6.73. The van der Waals surface area contributed by atoms with E-state index in [1.165, 1.54) is 0 Å². The highest BCUT2D eigenvalue weighted by atomic mass is 32.2. The van der Waals surface area contributed by atoms with Crippen molar-refractivity contribution in [1.29, 1.82) is 0 Å². The van der Waals surface area contributed by atoms with Gasteiger partial charge >= 0.3 is 5.97 Å². The van der Waals surface area contributed by atoms with Crippen molar-refractivity contribution in [3.05, 3.63) is 90.5 Å². The molecule has 4 rings (SSSR count). The molecule has 0 saturated carbocycles. The zero-order valence-electron chi connectivity index (χ0n) is 19.4. The maximum Gasteiger partial charge on any atom is 0.338 e. The van der Waals surface area contributed by atoms with Gasteiger partial charge in [-0.25, -0.2) is 9.78 Å². The molecule has 0 amide bonds. The Labute approximate surface area is 204 Å². The number of benzene rings is 3. The molecule has 0 atom stereocenters. The zero-order chi connectivity index (χ0) is 23.8. The van der Waals surface area contributed by atoms with Crippen LogP contribution in [0.5, 0.6) is 5.75 Å². The van der Waals surface area contributed by atoms with E-state index in [0.717, 1.165) is 39.2 Å². The highest BCUT2D eigenvalue weighted by Gasteiger charge is 2.14. The molecule has 1 aromatic heterocycles. The second-order valence-electron chi connectivity index (χ2n) is 8.21. The van der Waals surface area contributed by atoms with Crippen LogP contribution in [0.4, 0.5) is 0 Å². The monoisotopic (exact) mass is 472 g/mol. The zero-order valence-corrected chi connectivity index (χ0v) is 20.2. The third-order valence-electron chi connectivity index (χ3n) is 5.02. The van der Waals surface area contributed by atoms with E-state index in [0.29, 0.717) is 24.7 Å². The number of ether oxygens (including phenoxy) is 2. The maximum atomic E-state index is 12.0. The molecule has 0 fully saturated rings. The highest BCUT2D eigenvalue weighted by molar-refractivity contribution is 7.99. The molecule has 5 nitrogen and oxygen atoms in total. The van der Waals surface area contributed by atoms with Crippen molar-refractivity contribution in [2.24, 2.45) is 5.92 Å². The van der Waals surface area contributed by atoms with Crippen LogP contribution in [-0.4, -0.2) is 34.9 Å². The van der Waals surface area contributed by atoms with Crippen LogP contribution in [0.3, 0.4) is 0 Å². The SMILES string of the molecule is CC(C)COC(=O)c1ccc(OCCSc2nc(-c3ccccc3)c(-c3ccccc3)[nH]2)cc1. The van der Waals surface area contributed by atoms with Gasteiger partial charge in [-0.3, -0.25) is 0 Å². The van der Waals surface area contributed by atoms with Crippen LogP contribution >= 0.6 is 11.8 Å². The summed E-state index contributed by atoms with van der Waals surface area (Å²) in [5, 5.41) is 0.851. The number of carbonyl (C=O) groups excluding carboxylic acids is 1. The van der Waals surface area contributed by atoms with Crippen LogP contribution in [-0.2, 0) is 4.74 Å². The summed E-state index contributed by atoms with van der Waals surface area (Å²) in [4.78, 5) is 20.4. The van der Waals surface area contributed by atoms with Gasteiger partial charge in [-0.15, -0.1) is 0 Å². The van der Waals surface area contributed by atoms with E-state index in [-0.39, 0.29) is 5.97 Å². The average molecular weight is 473 g/mol. The summed E-state index contributed by atoms with van der Waals surface area (Å²) in [5.41, 5.74) is 4.65. The first-order valence-corrected chi connectivity index (χ1v) is 12.3. The van der Waals surface area contributed by atoms with Gasteiger partial charge in [-0.1, -0.05) is 86.3 Å². The Morgan fingerprint density at radius 3 is 2.21 bits per heavy atom. The summed E-state index contributed by atoms with van der Waals surface area (Å²) >= 11 is 1.62. The first kappa shape index (κ1) is 23.6. The van der Waals surface area contributed by atoms with Crippen molar-refractivity contribution in [2.75, 3.05) is 19.0 Å². The summed E-state index contributed by atoms with van der Waals surface area (Å²) in [7, 11) is 0. The normalized spacial score (nSPS) is 10.9. The minimum Gasteiger partial charge on any atom is -0.493 e. The lowest BCUT2D eigenvalue weighted by Crippen LogP contribution is -2.10. The van der Waals surface area contributed by atoms with Gasteiger partial charge in [0.05, 0.1) is 30.2 Å². The third kappa shape index (κ3) is 6.29. The van der Waals surface area contributed by atoms with Gasteiger partial charge in [0.2, 0.25) is 0 Å². The van der Waals surface area contributed by atoms with Crippen molar-refractivity contribution in [3.8, 4) is 28.3 Å². The average Bonchev–Trinajstić information content (AvgIpc) is 3.31. The number of nitrogens with one attached hydrogen (secondary N) is 1. The van der Waals surface area contributed by atoms with Crippen LogP contribution in [0.1, 0.15) is 24.2 Å². The quantitative estimate of drug-likeness (QED) is 0.158. The fraction of sp³-hybridized carbons (Fsp3) is 0.214. The molecule has 1 heterocycles. The third-order valence-corrected chi connectivity index (χ3v) is 5.86. The molecule has 174 valence electrons. The molecule has 0 bridgehead atoms. The van der Waals surface area contributed by atoms with Gasteiger partial charge < -0.3 is 14.5 Å². The number of esters is 1. The lowest BCUT2D eigenvalue weighted by molar-refractivity contribution is 0.0459. The van der Waals surface area contributed by atoms with Crippen molar-refractivity contribution in [1.82, 2.24) is 9.97 Å². The Morgan fingerprint density at radius 2 is 1.56 bits per heavy atom. The number of hydrogen-bond acceptors (Lipinski definition) is 5. The lowest BCUT2D eigenvalue weighted by atomic mass is 10.1. The number of carbonyl (C=O) groups is 1. The van der Waals surface area contributed by atoms with E-state index < -0.39 is 0 Å². The van der Waals surface area contributed by atoms with Gasteiger partial charge in [0.25, 0.3) is 0 Å². The number of nitrogens with zero attached hydrogens (tertiary/aromatic N) is 1. The summed E-state index contributed by atoms with van der Waals surface area (Å²) in [6.45, 7) is 4.95. The van der Waals surface area contributed by atoms with Gasteiger partial charge in [-0.05, 0) is 30.2 Å². The van der Waals surface area contributed by atoms with Gasteiger partial charge in [0.1, 0.15) is 5.75 Å². The van der Waals surface area contributed by atoms with Crippen LogP contribution < -0.4 is 4.74 Å². The van der Waals surface area contributed by atoms with Crippen LogP contribution in [0.2, 0.25) is 0 Å². The van der Waals surface area contributed by atoms with Crippen molar-refractivity contribution >= 4 is 17.7 Å². The molecule has 0 aliphatic carbocycles. The van der Waals surface area contributed by atoms with E-state index >= 15 is 0 Å². The van der Waals surface area contributed by atoms with E-state index in [1.54, 1.807) is 36.0 Å². The molecule has 0 spiro atoms. The number of thioether (sulfide) groups is 1. The molecule has 6 heteroatoms. The Morgan fingerprint density at radius 1 is 0.912 bits per heavy atom. The van der Waals surface area contributed by atoms with Crippen LogP contribution in [0.15, 0.2) is 90.1 Å². The molecule has 3 aromatic carbocycles. The first-order chi connectivity index (χ1) is 16.6. The summed E-state index contributed by atoms with van der Waals surface area (Å²) in [6, 6.07) is 27.5. The van der Waals surface area contributed by atoms with Crippen molar-refractivity contribution in [3.63, 3.8) is 0 Å². The highest BCUT2D eigenvalue weighted by Crippen LogP contribution is 2.32. The lowest BCUT2D eigenvalue weighted by Gasteiger charge is -2.08. The van der Waals surface area contributed by atoms with E-state index in [2.05, 4.69) is 29.2 Å². The van der Waals surface area contributed by atoms with Gasteiger partial charge in [0.15, 0.2) is 5.16 Å². The molecule has 1 N–H and O–H groups in total. The van der Waals surface area contributed by atoms with Crippen LogP contribution in [0, 0.1) is 5.92 Å². The van der Waals surface area contributed by atoms with E-state index in [1.807, 2.05) is 50.2 Å². The number of aromatic nitrogens is 2.